The molecule has 4 heterocycles. The SMILES string of the molecule is CC1=C(C)[C@]2(C)C(C)=C(C3=C(C)[C@@]4(C)C(C)=C(C)P3C4C)P1C2C. The summed E-state index contributed by atoms with van der Waals surface area (Å²) in [6.45, 7) is 24.7. The monoisotopic (exact) mass is 358 g/mol. The second-order valence-electron chi connectivity index (χ2n) is 8.86. The van der Waals surface area contributed by atoms with Crippen LogP contribution in [-0.2, 0) is 0 Å². The van der Waals surface area contributed by atoms with Crippen molar-refractivity contribution in [3.63, 3.8) is 0 Å². The maximum atomic E-state index is 2.53. The highest BCUT2D eigenvalue weighted by Gasteiger charge is 2.60. The van der Waals surface area contributed by atoms with Crippen molar-refractivity contribution in [3.8, 4) is 0 Å². The zero-order valence-electron chi connectivity index (χ0n) is 17.0. The van der Waals surface area contributed by atoms with Crippen molar-refractivity contribution in [1.29, 1.82) is 0 Å². The molecule has 130 valence electrons. The highest BCUT2D eigenvalue weighted by Crippen LogP contribution is 2.86. The van der Waals surface area contributed by atoms with Crippen molar-refractivity contribution >= 4 is 15.8 Å². The van der Waals surface area contributed by atoms with Crippen LogP contribution in [0.4, 0.5) is 0 Å². The van der Waals surface area contributed by atoms with Crippen molar-refractivity contribution < 1.29 is 0 Å². The molecule has 0 aromatic heterocycles. The van der Waals surface area contributed by atoms with Crippen molar-refractivity contribution in [1.82, 2.24) is 0 Å². The second kappa shape index (κ2) is 4.75. The van der Waals surface area contributed by atoms with Gasteiger partial charge in [-0.15, -0.1) is 0 Å². The highest BCUT2D eigenvalue weighted by molar-refractivity contribution is 7.73. The van der Waals surface area contributed by atoms with Crippen molar-refractivity contribution in [2.45, 2.75) is 80.6 Å². The fourth-order valence-corrected chi connectivity index (χ4v) is 14.4. The standard InChI is InChI=1S/C22H32P2/c1-11-15(5)23-17(7)21(11,9)13(3)19(23)20-14(4)22(10)12(2)16(6)24(20)18(22)8/h17-18H,1-10H3/t17?,18?,21-,22-,23?,24?/m1/s1. The molecule has 0 fully saturated rings. The smallest absolute Gasteiger partial charge is 0.0173 e. The largest absolute Gasteiger partial charge is 0.0589 e. The van der Waals surface area contributed by atoms with Crippen molar-refractivity contribution in [2.24, 2.45) is 10.8 Å². The van der Waals surface area contributed by atoms with E-state index < -0.39 is 0 Å². The van der Waals surface area contributed by atoms with E-state index in [4.69, 9.17) is 0 Å². The minimum absolute atomic E-state index is 0.111. The third-order valence-electron chi connectivity index (χ3n) is 8.79. The van der Waals surface area contributed by atoms with Crippen molar-refractivity contribution in [2.75, 3.05) is 0 Å². The van der Waals surface area contributed by atoms with Gasteiger partial charge in [0.2, 0.25) is 0 Å². The van der Waals surface area contributed by atoms with Crippen LogP contribution in [0.1, 0.15) is 69.2 Å². The average Bonchev–Trinajstić information content (AvgIpc) is 3.00. The van der Waals surface area contributed by atoms with E-state index in [1.54, 1.807) is 32.9 Å². The fraction of sp³-hybridized carbons (Fsp3) is 0.636. The fourth-order valence-electron chi connectivity index (χ4n) is 6.19. The minimum atomic E-state index is -0.111. The van der Waals surface area contributed by atoms with E-state index in [0.29, 0.717) is 10.8 Å². The minimum Gasteiger partial charge on any atom is -0.0589 e. The molecule has 0 aromatic rings. The summed E-state index contributed by atoms with van der Waals surface area (Å²) in [5.41, 5.74) is 9.04. The van der Waals surface area contributed by atoms with Gasteiger partial charge in [-0.3, -0.25) is 0 Å². The molecular weight excluding hydrogens is 326 g/mol. The van der Waals surface area contributed by atoms with Crippen LogP contribution < -0.4 is 0 Å². The molecule has 0 amide bonds. The van der Waals surface area contributed by atoms with Gasteiger partial charge in [-0.05, 0) is 90.0 Å². The van der Waals surface area contributed by atoms with Crippen LogP contribution in [0.3, 0.4) is 0 Å². The van der Waals surface area contributed by atoms with Crippen LogP contribution in [0, 0.1) is 10.8 Å². The van der Waals surface area contributed by atoms with Gasteiger partial charge in [0.15, 0.2) is 0 Å². The molecule has 0 N–H and O–H groups in total. The van der Waals surface area contributed by atoms with Crippen molar-refractivity contribution in [3.05, 3.63) is 43.5 Å². The lowest BCUT2D eigenvalue weighted by molar-refractivity contribution is 0.485. The van der Waals surface area contributed by atoms with Crippen LogP contribution >= 0.6 is 15.8 Å². The Kier molecular flexibility index (Phi) is 3.41. The van der Waals surface area contributed by atoms with E-state index in [1.165, 1.54) is 0 Å². The summed E-state index contributed by atoms with van der Waals surface area (Å²) >= 11 is 0. The lowest BCUT2D eigenvalue weighted by Gasteiger charge is -2.33. The molecule has 0 aromatic carbocycles. The Hall–Kier alpha value is -0.180. The van der Waals surface area contributed by atoms with Gasteiger partial charge in [-0.25, -0.2) is 0 Å². The van der Waals surface area contributed by atoms with Crippen LogP contribution in [0.5, 0.6) is 0 Å². The van der Waals surface area contributed by atoms with Gasteiger partial charge >= 0.3 is 0 Å². The summed E-state index contributed by atoms with van der Waals surface area (Å²) < 4.78 is 0. The zero-order valence-corrected chi connectivity index (χ0v) is 18.8. The van der Waals surface area contributed by atoms with Gasteiger partial charge in [-0.2, -0.15) is 0 Å². The molecule has 4 unspecified atom stereocenters. The van der Waals surface area contributed by atoms with Gasteiger partial charge in [0.25, 0.3) is 0 Å². The number of rotatable bonds is 1. The van der Waals surface area contributed by atoms with Gasteiger partial charge in [-0.1, -0.05) is 50.0 Å². The Bertz CT molecular complexity index is 738. The van der Waals surface area contributed by atoms with E-state index >= 15 is 0 Å². The Balaban J connectivity index is 1.95. The molecule has 4 bridgehead atoms. The summed E-state index contributed by atoms with van der Waals surface area (Å²) in [5, 5.41) is 7.12. The third-order valence-corrected chi connectivity index (χ3v) is 15.7. The zero-order chi connectivity index (χ0) is 17.9. The molecule has 24 heavy (non-hydrogen) atoms. The highest BCUT2D eigenvalue weighted by atomic mass is 31.1. The molecular formula is C22H32P2. The topological polar surface area (TPSA) is 0 Å². The quantitative estimate of drug-likeness (QED) is 0.417. The summed E-state index contributed by atoms with van der Waals surface area (Å²) in [4.78, 5) is 0. The van der Waals surface area contributed by atoms with E-state index in [9.17, 15) is 0 Å². The molecule has 0 saturated carbocycles. The summed E-state index contributed by atoms with van der Waals surface area (Å²) in [6, 6.07) is 0. The first kappa shape index (κ1) is 17.2. The summed E-state index contributed by atoms with van der Waals surface area (Å²) in [7, 11) is -0.222. The molecule has 4 aliphatic heterocycles. The van der Waals surface area contributed by atoms with E-state index in [2.05, 4.69) is 69.2 Å². The summed E-state index contributed by atoms with van der Waals surface area (Å²) in [5.74, 6) is 0. The Labute approximate surface area is 151 Å². The number of hydrogen-bond donors (Lipinski definition) is 0. The normalized spacial score (nSPS) is 47.2. The van der Waals surface area contributed by atoms with E-state index in [1.807, 2.05) is 10.6 Å². The molecule has 0 spiro atoms. The first-order chi connectivity index (χ1) is 11.0. The Morgan fingerprint density at radius 3 is 1.12 bits per heavy atom. The van der Waals surface area contributed by atoms with Crippen LogP contribution in [0.25, 0.3) is 0 Å². The average molecular weight is 358 g/mol. The predicted molar refractivity (Wildman–Crippen MR) is 111 cm³/mol. The maximum absolute atomic E-state index is 2.53. The second-order valence-corrected chi connectivity index (χ2v) is 14.1. The molecule has 4 aliphatic rings. The van der Waals surface area contributed by atoms with Gasteiger partial charge in [0.05, 0.1) is 0 Å². The Morgan fingerprint density at radius 1 is 0.583 bits per heavy atom. The number of fused-ring (bicyclic) bond motifs is 4. The first-order valence-corrected chi connectivity index (χ1v) is 12.2. The lowest BCUT2D eigenvalue weighted by atomic mass is 9.72. The van der Waals surface area contributed by atoms with E-state index in [0.717, 1.165) is 11.3 Å². The van der Waals surface area contributed by atoms with Gasteiger partial charge < -0.3 is 0 Å². The predicted octanol–water partition coefficient (Wildman–Crippen LogP) is 7.93. The molecule has 2 heteroatoms. The van der Waals surface area contributed by atoms with E-state index in [-0.39, 0.29) is 15.8 Å². The Morgan fingerprint density at radius 2 is 0.875 bits per heavy atom. The molecule has 4 rings (SSSR count). The molecule has 0 aliphatic carbocycles. The molecule has 0 radical (unpaired) electrons. The van der Waals surface area contributed by atoms with Gasteiger partial charge in [0.1, 0.15) is 0 Å². The van der Waals surface area contributed by atoms with Gasteiger partial charge in [0, 0.05) is 10.8 Å². The first-order valence-electron chi connectivity index (χ1n) is 9.39. The van der Waals surface area contributed by atoms with Crippen LogP contribution in [0.15, 0.2) is 43.5 Å². The number of allylic oxidation sites excluding steroid dienone is 8. The summed E-state index contributed by atoms with van der Waals surface area (Å²) in [6.07, 6.45) is 0. The van der Waals surface area contributed by atoms with Crippen LogP contribution in [0.2, 0.25) is 0 Å². The molecule has 0 nitrogen and oxygen atoms in total. The third kappa shape index (κ3) is 1.48. The van der Waals surface area contributed by atoms with Crippen LogP contribution in [-0.4, -0.2) is 11.3 Å². The lowest BCUT2D eigenvalue weighted by Crippen LogP contribution is -2.24. The maximum Gasteiger partial charge on any atom is 0.0173 e. The number of hydrogen-bond acceptors (Lipinski definition) is 0. The molecule has 6 atom stereocenters. The molecule has 0 saturated heterocycles.